The fraction of sp³-hybridized carbons (Fsp3) is 0.550. The molecule has 1 N–H and O–H groups in total. The van der Waals surface area contributed by atoms with Crippen LogP contribution < -0.4 is 0 Å². The van der Waals surface area contributed by atoms with Crippen molar-refractivity contribution in [2.45, 2.75) is 51.6 Å². The number of aromatic nitrogens is 2. The number of furan rings is 1. The van der Waals surface area contributed by atoms with Crippen LogP contribution in [0, 0.1) is 5.92 Å². The number of imidazole rings is 1. The Labute approximate surface area is 177 Å². The van der Waals surface area contributed by atoms with Crippen molar-refractivity contribution < 1.29 is 32.3 Å². The second-order valence-electron chi connectivity index (χ2n) is 7.78. The standard InChI is InChI=1S/C18H24N4O2.C2HF3O2/c1-20(12-16-6-3-9-24-16)10-15-11-21-7-8-22(13-17(21)19-15)18(23)14-4-2-5-14;3-2(4,5)1(6)7/h3,6,9,11,14H,2,4-5,7-8,10,12-13H2,1H3;(H,6,7). The Bertz CT molecular complexity index is 891. The van der Waals surface area contributed by atoms with Crippen molar-refractivity contribution in [3.63, 3.8) is 0 Å². The Balaban J connectivity index is 0.000000339. The lowest BCUT2D eigenvalue weighted by atomic mass is 9.84. The van der Waals surface area contributed by atoms with E-state index in [1.807, 2.05) is 17.0 Å². The number of carbonyl (C=O) groups is 2. The third-order valence-electron chi connectivity index (χ3n) is 5.30. The summed E-state index contributed by atoms with van der Waals surface area (Å²) in [5, 5.41) is 7.12. The van der Waals surface area contributed by atoms with Crippen LogP contribution in [0.1, 0.15) is 36.5 Å². The van der Waals surface area contributed by atoms with Crippen LogP contribution in [0.5, 0.6) is 0 Å². The van der Waals surface area contributed by atoms with Crippen molar-refractivity contribution in [2.24, 2.45) is 5.92 Å². The van der Waals surface area contributed by atoms with Crippen LogP contribution in [0.4, 0.5) is 13.2 Å². The molecule has 0 saturated heterocycles. The third kappa shape index (κ3) is 6.09. The van der Waals surface area contributed by atoms with E-state index in [0.29, 0.717) is 12.5 Å². The van der Waals surface area contributed by atoms with Crippen LogP contribution in [0.2, 0.25) is 0 Å². The molecule has 0 radical (unpaired) electrons. The highest BCUT2D eigenvalue weighted by Gasteiger charge is 2.38. The van der Waals surface area contributed by atoms with Crippen LogP contribution in [-0.4, -0.2) is 56.1 Å². The van der Waals surface area contributed by atoms with Gasteiger partial charge >= 0.3 is 12.1 Å². The molecule has 0 bridgehead atoms. The van der Waals surface area contributed by atoms with Crippen LogP contribution in [-0.2, 0) is 35.8 Å². The molecule has 1 saturated carbocycles. The number of fused-ring (bicyclic) bond motifs is 1. The van der Waals surface area contributed by atoms with E-state index < -0.39 is 12.1 Å². The molecule has 3 heterocycles. The van der Waals surface area contributed by atoms with Gasteiger partial charge in [-0.1, -0.05) is 6.42 Å². The molecule has 2 aromatic heterocycles. The summed E-state index contributed by atoms with van der Waals surface area (Å²) in [6.07, 6.45) is 2.07. The molecule has 1 aliphatic heterocycles. The molecule has 0 aromatic carbocycles. The number of nitrogens with zero attached hydrogens (tertiary/aromatic N) is 4. The molecule has 8 nitrogen and oxygen atoms in total. The molecule has 2 aromatic rings. The van der Waals surface area contributed by atoms with Gasteiger partial charge in [0.25, 0.3) is 0 Å². The molecule has 2 aliphatic rings. The Kier molecular flexibility index (Phi) is 7.04. The summed E-state index contributed by atoms with van der Waals surface area (Å²) >= 11 is 0. The molecule has 0 spiro atoms. The zero-order chi connectivity index (χ0) is 22.6. The predicted molar refractivity (Wildman–Crippen MR) is 103 cm³/mol. The van der Waals surface area contributed by atoms with E-state index in [1.54, 1.807) is 6.26 Å². The zero-order valence-electron chi connectivity index (χ0n) is 17.1. The van der Waals surface area contributed by atoms with Crippen LogP contribution >= 0.6 is 0 Å². The maximum absolute atomic E-state index is 12.4. The van der Waals surface area contributed by atoms with Gasteiger partial charge in [-0.25, -0.2) is 9.78 Å². The second kappa shape index (κ2) is 9.54. The summed E-state index contributed by atoms with van der Waals surface area (Å²) in [4.78, 5) is 30.2. The second-order valence-corrected chi connectivity index (χ2v) is 7.78. The Morgan fingerprint density at radius 1 is 1.29 bits per heavy atom. The van der Waals surface area contributed by atoms with E-state index in [4.69, 9.17) is 19.3 Å². The van der Waals surface area contributed by atoms with Crippen LogP contribution in [0.25, 0.3) is 0 Å². The summed E-state index contributed by atoms with van der Waals surface area (Å²) in [6.45, 7) is 3.85. The number of carboxylic acids is 1. The lowest BCUT2D eigenvalue weighted by molar-refractivity contribution is -0.192. The van der Waals surface area contributed by atoms with E-state index in [-0.39, 0.29) is 5.92 Å². The van der Waals surface area contributed by atoms with Gasteiger partial charge < -0.3 is 19.0 Å². The van der Waals surface area contributed by atoms with Gasteiger partial charge in [-0.05, 0) is 32.0 Å². The van der Waals surface area contributed by atoms with Crippen LogP contribution in [0.3, 0.4) is 0 Å². The molecular weight excluding hydrogens is 417 g/mol. The fourth-order valence-corrected chi connectivity index (χ4v) is 3.49. The van der Waals surface area contributed by atoms with Crippen molar-refractivity contribution >= 4 is 11.9 Å². The largest absolute Gasteiger partial charge is 0.490 e. The third-order valence-corrected chi connectivity index (χ3v) is 5.30. The number of hydrogen-bond donors (Lipinski definition) is 1. The van der Waals surface area contributed by atoms with Gasteiger partial charge in [0, 0.05) is 31.7 Å². The molecule has 4 rings (SSSR count). The number of carbonyl (C=O) groups excluding carboxylic acids is 1. The zero-order valence-corrected chi connectivity index (χ0v) is 17.1. The van der Waals surface area contributed by atoms with E-state index >= 15 is 0 Å². The van der Waals surface area contributed by atoms with Gasteiger partial charge in [0.1, 0.15) is 11.6 Å². The van der Waals surface area contributed by atoms with Crippen molar-refractivity contribution in [1.29, 1.82) is 0 Å². The van der Waals surface area contributed by atoms with Crippen molar-refractivity contribution in [2.75, 3.05) is 13.6 Å². The number of amides is 1. The average molecular weight is 442 g/mol. The molecule has 1 amide bonds. The minimum Gasteiger partial charge on any atom is -0.475 e. The van der Waals surface area contributed by atoms with Gasteiger partial charge in [0.05, 0.1) is 25.0 Å². The number of rotatable bonds is 5. The number of aliphatic carboxylic acids is 1. The summed E-state index contributed by atoms with van der Waals surface area (Å²) in [7, 11) is 2.06. The fourth-order valence-electron chi connectivity index (χ4n) is 3.49. The first-order chi connectivity index (χ1) is 14.6. The van der Waals surface area contributed by atoms with E-state index in [0.717, 1.165) is 56.3 Å². The van der Waals surface area contributed by atoms with Crippen LogP contribution in [0.15, 0.2) is 29.0 Å². The molecule has 170 valence electrons. The van der Waals surface area contributed by atoms with Gasteiger partial charge in [-0.3, -0.25) is 9.69 Å². The molecule has 1 fully saturated rings. The highest BCUT2D eigenvalue weighted by molar-refractivity contribution is 5.79. The van der Waals surface area contributed by atoms with Crippen molar-refractivity contribution in [3.8, 4) is 0 Å². The minimum absolute atomic E-state index is 0.269. The quantitative estimate of drug-likeness (QED) is 0.766. The average Bonchev–Trinajstić information content (AvgIpc) is 3.28. The maximum Gasteiger partial charge on any atom is 0.490 e. The molecule has 31 heavy (non-hydrogen) atoms. The predicted octanol–water partition coefficient (Wildman–Crippen LogP) is 2.88. The molecule has 11 heteroatoms. The molecular formula is C20H25F3N4O4. The summed E-state index contributed by atoms with van der Waals surface area (Å²) < 4.78 is 39.3. The summed E-state index contributed by atoms with van der Waals surface area (Å²) in [6, 6.07) is 3.89. The van der Waals surface area contributed by atoms with Gasteiger partial charge in [0.15, 0.2) is 0 Å². The van der Waals surface area contributed by atoms with Crippen molar-refractivity contribution in [3.05, 3.63) is 41.9 Å². The van der Waals surface area contributed by atoms with E-state index in [2.05, 4.69) is 22.7 Å². The number of carboxylic acid groups (broad SMARTS) is 1. The first-order valence-electron chi connectivity index (χ1n) is 9.98. The topological polar surface area (TPSA) is 91.8 Å². The minimum atomic E-state index is -5.08. The Morgan fingerprint density at radius 2 is 2.00 bits per heavy atom. The smallest absolute Gasteiger partial charge is 0.475 e. The lowest BCUT2D eigenvalue weighted by Crippen LogP contribution is -2.43. The maximum atomic E-state index is 12.4. The van der Waals surface area contributed by atoms with Gasteiger partial charge in [-0.2, -0.15) is 13.2 Å². The monoisotopic (exact) mass is 442 g/mol. The summed E-state index contributed by atoms with van der Waals surface area (Å²) in [5.74, 6) is -0.195. The molecule has 1 aliphatic carbocycles. The van der Waals surface area contributed by atoms with E-state index in [9.17, 15) is 18.0 Å². The Hall–Kier alpha value is -2.82. The highest BCUT2D eigenvalue weighted by atomic mass is 19.4. The number of hydrogen-bond acceptors (Lipinski definition) is 5. The highest BCUT2D eigenvalue weighted by Crippen LogP contribution is 2.29. The molecule has 0 unspecified atom stereocenters. The van der Waals surface area contributed by atoms with Gasteiger partial charge in [-0.15, -0.1) is 0 Å². The first kappa shape index (κ1) is 22.9. The Morgan fingerprint density at radius 3 is 2.55 bits per heavy atom. The summed E-state index contributed by atoms with van der Waals surface area (Å²) in [5.41, 5.74) is 1.05. The first-order valence-corrected chi connectivity index (χ1v) is 9.98. The molecule has 0 atom stereocenters. The lowest BCUT2D eigenvalue weighted by Gasteiger charge is -2.34. The van der Waals surface area contributed by atoms with Crippen molar-refractivity contribution in [1.82, 2.24) is 19.4 Å². The normalized spacial score (nSPS) is 16.4. The number of halogens is 3. The van der Waals surface area contributed by atoms with Gasteiger partial charge in [0.2, 0.25) is 5.91 Å². The SMILES string of the molecule is CN(Cc1cn2c(n1)CN(C(=O)C1CCC1)CC2)Cc1ccco1.O=C(O)C(F)(F)F. The number of alkyl halides is 3. The van der Waals surface area contributed by atoms with E-state index in [1.165, 1.54) is 6.42 Å².